The fraction of sp³-hybridized carbons (Fsp3) is 0.778. The van der Waals surface area contributed by atoms with E-state index in [1.807, 2.05) is 0 Å². The average molecular weight is 182 g/mol. The lowest BCUT2D eigenvalue weighted by molar-refractivity contribution is -0.118. The van der Waals surface area contributed by atoms with Gasteiger partial charge in [0.25, 0.3) is 0 Å². The average Bonchev–Trinajstić information content (AvgIpc) is 2.58. The third kappa shape index (κ3) is 1.53. The van der Waals surface area contributed by atoms with Crippen LogP contribution in [0.25, 0.3) is 0 Å². The molecule has 2 atom stereocenters. The molecule has 0 bridgehead atoms. The van der Waals surface area contributed by atoms with Gasteiger partial charge in [-0.15, -0.1) is 0 Å². The number of nitrogens with one attached hydrogen (secondary N) is 1. The highest BCUT2D eigenvalue weighted by Crippen LogP contribution is 2.29. The van der Waals surface area contributed by atoms with Crippen LogP contribution in [0.2, 0.25) is 0 Å². The molecule has 13 heavy (non-hydrogen) atoms. The van der Waals surface area contributed by atoms with Crippen LogP contribution >= 0.6 is 0 Å². The fourth-order valence-electron chi connectivity index (χ4n) is 2.21. The van der Waals surface area contributed by atoms with Gasteiger partial charge >= 0.3 is 6.03 Å². The molecule has 0 aromatic rings. The Kier molecular flexibility index (Phi) is 1.98. The van der Waals surface area contributed by atoms with E-state index >= 15 is 0 Å². The molecule has 1 aliphatic carbocycles. The van der Waals surface area contributed by atoms with Gasteiger partial charge in [-0.25, -0.2) is 4.79 Å². The summed E-state index contributed by atoms with van der Waals surface area (Å²) in [4.78, 5) is 23.9. The van der Waals surface area contributed by atoms with Gasteiger partial charge in [0.1, 0.15) is 6.54 Å². The molecule has 2 rings (SSSR count). The molecule has 3 amide bonds. The molecule has 1 N–H and O–H groups in total. The second-order valence-electron chi connectivity index (χ2n) is 4.05. The number of hydrogen-bond donors (Lipinski definition) is 1. The van der Waals surface area contributed by atoms with Crippen molar-refractivity contribution in [3.05, 3.63) is 0 Å². The molecular formula is C9H14N2O2. The highest BCUT2D eigenvalue weighted by Gasteiger charge is 2.35. The van der Waals surface area contributed by atoms with E-state index in [-0.39, 0.29) is 18.5 Å². The van der Waals surface area contributed by atoms with E-state index in [2.05, 4.69) is 12.2 Å². The van der Waals surface area contributed by atoms with Gasteiger partial charge in [0.05, 0.1) is 0 Å². The van der Waals surface area contributed by atoms with E-state index in [1.54, 1.807) is 4.90 Å². The molecule has 2 aliphatic rings. The van der Waals surface area contributed by atoms with Crippen LogP contribution < -0.4 is 5.32 Å². The third-order valence-corrected chi connectivity index (χ3v) is 2.93. The van der Waals surface area contributed by atoms with Crippen molar-refractivity contribution in [2.24, 2.45) is 5.92 Å². The number of carbonyl (C=O) groups is 2. The highest BCUT2D eigenvalue weighted by molar-refractivity contribution is 6.02. The van der Waals surface area contributed by atoms with Gasteiger partial charge in [-0.1, -0.05) is 6.92 Å². The zero-order valence-electron chi connectivity index (χ0n) is 7.75. The van der Waals surface area contributed by atoms with Gasteiger partial charge in [-0.2, -0.15) is 0 Å². The van der Waals surface area contributed by atoms with Crippen LogP contribution in [0.3, 0.4) is 0 Å². The van der Waals surface area contributed by atoms with Crippen molar-refractivity contribution in [3.8, 4) is 0 Å². The van der Waals surface area contributed by atoms with E-state index in [9.17, 15) is 9.59 Å². The first-order chi connectivity index (χ1) is 6.16. The molecule has 72 valence electrons. The summed E-state index contributed by atoms with van der Waals surface area (Å²) in [5.74, 6) is 0.526. The van der Waals surface area contributed by atoms with Crippen LogP contribution in [0.5, 0.6) is 0 Å². The van der Waals surface area contributed by atoms with Crippen molar-refractivity contribution in [2.45, 2.75) is 32.2 Å². The summed E-state index contributed by atoms with van der Waals surface area (Å²) in [5.41, 5.74) is 0. The predicted molar refractivity (Wildman–Crippen MR) is 47.0 cm³/mol. The summed E-state index contributed by atoms with van der Waals surface area (Å²) in [6, 6.07) is 0.0885. The third-order valence-electron chi connectivity index (χ3n) is 2.93. The first-order valence-corrected chi connectivity index (χ1v) is 4.77. The maximum Gasteiger partial charge on any atom is 0.324 e. The van der Waals surface area contributed by atoms with Gasteiger partial charge in [-0.05, 0) is 25.2 Å². The lowest BCUT2D eigenvalue weighted by atomic mass is 10.1. The highest BCUT2D eigenvalue weighted by atomic mass is 16.2. The Labute approximate surface area is 77.3 Å². The van der Waals surface area contributed by atoms with Crippen molar-refractivity contribution in [2.75, 3.05) is 6.54 Å². The van der Waals surface area contributed by atoms with E-state index in [0.717, 1.165) is 12.8 Å². The number of hydrogen-bond acceptors (Lipinski definition) is 2. The summed E-state index contributed by atoms with van der Waals surface area (Å²) < 4.78 is 0. The minimum Gasteiger partial charge on any atom is -0.312 e. The minimum atomic E-state index is -0.205. The van der Waals surface area contributed by atoms with Gasteiger partial charge in [0.15, 0.2) is 0 Å². The van der Waals surface area contributed by atoms with Crippen LogP contribution in [-0.4, -0.2) is 29.4 Å². The predicted octanol–water partition coefficient (Wildman–Crippen LogP) is 0.727. The van der Waals surface area contributed by atoms with Gasteiger partial charge < -0.3 is 4.90 Å². The Morgan fingerprint density at radius 1 is 1.38 bits per heavy atom. The lowest BCUT2D eigenvalue weighted by Crippen LogP contribution is -2.36. The van der Waals surface area contributed by atoms with Crippen molar-refractivity contribution in [1.29, 1.82) is 0 Å². The number of nitrogens with zero attached hydrogens (tertiary/aromatic N) is 1. The van der Waals surface area contributed by atoms with Gasteiger partial charge in [0.2, 0.25) is 5.91 Å². The second-order valence-corrected chi connectivity index (χ2v) is 4.05. The SMILES string of the molecule is CC1CCC(N2CC(=O)NC2=O)C1. The number of carbonyl (C=O) groups excluding carboxylic acids is 2. The maximum atomic E-state index is 11.3. The molecule has 1 saturated heterocycles. The summed E-state index contributed by atoms with van der Waals surface area (Å²) >= 11 is 0. The van der Waals surface area contributed by atoms with Crippen molar-refractivity contribution < 1.29 is 9.59 Å². The van der Waals surface area contributed by atoms with Crippen LogP contribution in [-0.2, 0) is 4.79 Å². The topological polar surface area (TPSA) is 49.4 Å². The van der Waals surface area contributed by atoms with Crippen LogP contribution in [0.1, 0.15) is 26.2 Å². The zero-order valence-corrected chi connectivity index (χ0v) is 7.75. The Hall–Kier alpha value is -1.06. The number of amides is 3. The summed E-state index contributed by atoms with van der Waals surface area (Å²) in [7, 11) is 0. The smallest absolute Gasteiger partial charge is 0.312 e. The molecule has 1 aliphatic heterocycles. The summed E-state index contributed by atoms with van der Waals surface area (Å²) in [6.07, 6.45) is 3.26. The quantitative estimate of drug-likeness (QED) is 0.608. The van der Waals surface area contributed by atoms with Crippen molar-refractivity contribution >= 4 is 11.9 Å². The first kappa shape index (κ1) is 8.53. The van der Waals surface area contributed by atoms with E-state index in [1.165, 1.54) is 6.42 Å². The largest absolute Gasteiger partial charge is 0.324 e. The lowest BCUT2D eigenvalue weighted by Gasteiger charge is -2.21. The van der Waals surface area contributed by atoms with Crippen LogP contribution in [0.4, 0.5) is 4.79 Å². The molecule has 2 unspecified atom stereocenters. The zero-order chi connectivity index (χ0) is 9.42. The number of rotatable bonds is 1. The Morgan fingerprint density at radius 2 is 2.15 bits per heavy atom. The van der Waals surface area contributed by atoms with Crippen LogP contribution in [0.15, 0.2) is 0 Å². The van der Waals surface area contributed by atoms with E-state index < -0.39 is 0 Å². The molecule has 1 saturated carbocycles. The van der Waals surface area contributed by atoms with Gasteiger partial charge in [-0.3, -0.25) is 10.1 Å². The number of urea groups is 1. The Morgan fingerprint density at radius 3 is 2.62 bits per heavy atom. The summed E-state index contributed by atoms with van der Waals surface area (Å²) in [5, 5.41) is 2.31. The van der Waals surface area contributed by atoms with Crippen LogP contribution in [0, 0.1) is 5.92 Å². The van der Waals surface area contributed by atoms with Crippen molar-refractivity contribution in [3.63, 3.8) is 0 Å². The summed E-state index contributed by atoms with van der Waals surface area (Å²) in [6.45, 7) is 2.45. The molecule has 0 radical (unpaired) electrons. The Balaban J connectivity index is 2.01. The van der Waals surface area contributed by atoms with E-state index in [0.29, 0.717) is 12.0 Å². The molecule has 0 spiro atoms. The van der Waals surface area contributed by atoms with Crippen molar-refractivity contribution in [1.82, 2.24) is 10.2 Å². The maximum absolute atomic E-state index is 11.3. The molecule has 4 heteroatoms. The molecule has 2 fully saturated rings. The fourth-order valence-corrected chi connectivity index (χ4v) is 2.21. The number of imide groups is 1. The second kappa shape index (κ2) is 3.01. The molecule has 4 nitrogen and oxygen atoms in total. The molecule has 0 aromatic heterocycles. The Bertz CT molecular complexity index is 252. The monoisotopic (exact) mass is 182 g/mol. The molecule has 0 aromatic carbocycles. The molecule has 1 heterocycles. The van der Waals surface area contributed by atoms with E-state index in [4.69, 9.17) is 0 Å². The normalized spacial score (nSPS) is 34.1. The molecular weight excluding hydrogens is 168 g/mol. The first-order valence-electron chi connectivity index (χ1n) is 4.77. The minimum absolute atomic E-state index is 0.162. The van der Waals surface area contributed by atoms with Gasteiger partial charge in [0, 0.05) is 6.04 Å². The standard InChI is InChI=1S/C9H14N2O2/c1-6-2-3-7(4-6)11-5-8(12)10-9(11)13/h6-7H,2-5H2,1H3,(H,10,12,13).